The normalized spacial score (nSPS) is 28.4. The Morgan fingerprint density at radius 2 is 2.29 bits per heavy atom. The van der Waals surface area contributed by atoms with E-state index in [9.17, 15) is 9.50 Å². The van der Waals surface area contributed by atoms with Crippen molar-refractivity contribution >= 4 is 0 Å². The lowest BCUT2D eigenvalue weighted by Gasteiger charge is -2.27. The van der Waals surface area contributed by atoms with E-state index in [1.54, 1.807) is 6.07 Å². The first kappa shape index (κ1) is 12.4. The standard InChI is InChI=1S/C14H19FO2/c1-10-4-3-7-14(10,16)9-11-5-6-13(17-2)12(15)8-11/h5-6,8,10,16H,3-4,7,9H2,1-2H3. The lowest BCUT2D eigenvalue weighted by atomic mass is 9.86. The Morgan fingerprint density at radius 1 is 1.53 bits per heavy atom. The van der Waals surface area contributed by atoms with Crippen LogP contribution in [0.3, 0.4) is 0 Å². The molecule has 0 amide bonds. The number of hydrogen-bond acceptors (Lipinski definition) is 2. The van der Waals surface area contributed by atoms with Gasteiger partial charge >= 0.3 is 0 Å². The fraction of sp³-hybridized carbons (Fsp3) is 0.571. The number of benzene rings is 1. The molecule has 0 aromatic heterocycles. The molecule has 0 radical (unpaired) electrons. The number of methoxy groups -OCH3 is 1. The molecule has 0 saturated heterocycles. The summed E-state index contributed by atoms with van der Waals surface area (Å²) in [4.78, 5) is 0. The fourth-order valence-corrected chi connectivity index (χ4v) is 2.67. The van der Waals surface area contributed by atoms with Crippen LogP contribution in [0.2, 0.25) is 0 Å². The highest BCUT2D eigenvalue weighted by atomic mass is 19.1. The molecule has 1 aromatic rings. The van der Waals surface area contributed by atoms with Crippen molar-refractivity contribution in [2.75, 3.05) is 7.11 Å². The fourth-order valence-electron chi connectivity index (χ4n) is 2.67. The first-order valence-electron chi connectivity index (χ1n) is 6.10. The smallest absolute Gasteiger partial charge is 0.165 e. The highest BCUT2D eigenvalue weighted by molar-refractivity contribution is 5.30. The van der Waals surface area contributed by atoms with Gasteiger partial charge in [-0.05, 0) is 36.5 Å². The van der Waals surface area contributed by atoms with Gasteiger partial charge in [-0.2, -0.15) is 0 Å². The van der Waals surface area contributed by atoms with Gasteiger partial charge < -0.3 is 9.84 Å². The Balaban J connectivity index is 2.16. The molecule has 1 aliphatic carbocycles. The van der Waals surface area contributed by atoms with E-state index in [1.165, 1.54) is 13.2 Å². The summed E-state index contributed by atoms with van der Waals surface area (Å²) >= 11 is 0. The molecule has 0 aliphatic heterocycles. The van der Waals surface area contributed by atoms with E-state index in [2.05, 4.69) is 6.92 Å². The van der Waals surface area contributed by atoms with Gasteiger partial charge in [-0.1, -0.05) is 19.4 Å². The maximum atomic E-state index is 13.5. The summed E-state index contributed by atoms with van der Waals surface area (Å²) < 4.78 is 18.4. The summed E-state index contributed by atoms with van der Waals surface area (Å²) in [6.45, 7) is 2.06. The monoisotopic (exact) mass is 238 g/mol. The van der Waals surface area contributed by atoms with Crippen LogP contribution in [0.15, 0.2) is 18.2 Å². The quantitative estimate of drug-likeness (QED) is 0.877. The average molecular weight is 238 g/mol. The van der Waals surface area contributed by atoms with Crippen LogP contribution in [-0.4, -0.2) is 17.8 Å². The molecule has 94 valence electrons. The Kier molecular flexibility index (Phi) is 3.38. The second kappa shape index (κ2) is 4.65. The van der Waals surface area contributed by atoms with Crippen molar-refractivity contribution in [3.05, 3.63) is 29.6 Å². The molecule has 2 unspecified atom stereocenters. The van der Waals surface area contributed by atoms with E-state index in [0.717, 1.165) is 24.8 Å². The van der Waals surface area contributed by atoms with E-state index < -0.39 is 5.60 Å². The summed E-state index contributed by atoms with van der Waals surface area (Å²) in [5, 5.41) is 10.5. The van der Waals surface area contributed by atoms with Crippen molar-refractivity contribution in [2.45, 2.75) is 38.2 Å². The number of halogens is 1. The van der Waals surface area contributed by atoms with Crippen molar-refractivity contribution in [1.82, 2.24) is 0 Å². The molecule has 3 heteroatoms. The third-order valence-electron chi connectivity index (χ3n) is 3.89. The minimum atomic E-state index is -0.666. The van der Waals surface area contributed by atoms with Gasteiger partial charge in [0.25, 0.3) is 0 Å². The maximum Gasteiger partial charge on any atom is 0.165 e. The number of hydrogen-bond donors (Lipinski definition) is 1. The van der Waals surface area contributed by atoms with Gasteiger partial charge in [0.2, 0.25) is 0 Å². The van der Waals surface area contributed by atoms with Crippen molar-refractivity contribution in [3.63, 3.8) is 0 Å². The first-order chi connectivity index (χ1) is 8.05. The summed E-state index contributed by atoms with van der Waals surface area (Å²) in [5.41, 5.74) is 0.167. The van der Waals surface area contributed by atoms with Crippen molar-refractivity contribution < 1.29 is 14.2 Å². The number of aliphatic hydroxyl groups is 1. The minimum Gasteiger partial charge on any atom is -0.494 e. The van der Waals surface area contributed by atoms with Gasteiger partial charge in [0.15, 0.2) is 11.6 Å². The Morgan fingerprint density at radius 3 is 2.82 bits per heavy atom. The van der Waals surface area contributed by atoms with E-state index >= 15 is 0 Å². The topological polar surface area (TPSA) is 29.5 Å². The molecule has 2 rings (SSSR count). The molecule has 17 heavy (non-hydrogen) atoms. The molecule has 2 atom stereocenters. The van der Waals surface area contributed by atoms with Gasteiger partial charge in [0.05, 0.1) is 12.7 Å². The SMILES string of the molecule is COc1ccc(CC2(O)CCCC2C)cc1F. The summed E-state index contributed by atoms with van der Waals surface area (Å²) in [5.74, 6) is 0.173. The zero-order chi connectivity index (χ0) is 12.5. The second-order valence-electron chi connectivity index (χ2n) is 5.04. The first-order valence-corrected chi connectivity index (χ1v) is 6.10. The average Bonchev–Trinajstić information content (AvgIpc) is 2.59. The third kappa shape index (κ3) is 2.44. The molecule has 1 aromatic carbocycles. The van der Waals surface area contributed by atoms with Crippen LogP contribution in [0.1, 0.15) is 31.7 Å². The molecular weight excluding hydrogens is 219 g/mol. The molecule has 0 bridgehead atoms. The van der Waals surface area contributed by atoms with Crippen molar-refractivity contribution in [3.8, 4) is 5.75 Å². The van der Waals surface area contributed by atoms with E-state index in [1.807, 2.05) is 6.07 Å². The predicted molar refractivity (Wildman–Crippen MR) is 64.6 cm³/mol. The minimum absolute atomic E-state index is 0.250. The molecule has 1 aliphatic rings. The van der Waals surface area contributed by atoms with Crippen molar-refractivity contribution in [1.29, 1.82) is 0 Å². The third-order valence-corrected chi connectivity index (χ3v) is 3.89. The van der Waals surface area contributed by atoms with Crippen LogP contribution >= 0.6 is 0 Å². The zero-order valence-electron chi connectivity index (χ0n) is 10.4. The lowest BCUT2D eigenvalue weighted by Crippen LogP contribution is -2.34. The molecule has 0 heterocycles. The Hall–Kier alpha value is -1.09. The Labute approximate surface area is 101 Å². The predicted octanol–water partition coefficient (Wildman–Crippen LogP) is 2.93. The largest absolute Gasteiger partial charge is 0.494 e. The molecule has 0 spiro atoms. The van der Waals surface area contributed by atoms with Crippen LogP contribution in [0.4, 0.5) is 4.39 Å². The summed E-state index contributed by atoms with van der Waals surface area (Å²) in [6, 6.07) is 4.90. The van der Waals surface area contributed by atoms with Crippen LogP contribution in [0, 0.1) is 11.7 Å². The van der Waals surface area contributed by atoms with Crippen LogP contribution in [0.25, 0.3) is 0 Å². The van der Waals surface area contributed by atoms with Crippen LogP contribution < -0.4 is 4.74 Å². The lowest BCUT2D eigenvalue weighted by molar-refractivity contribution is 0.00953. The zero-order valence-corrected chi connectivity index (χ0v) is 10.4. The highest BCUT2D eigenvalue weighted by Crippen LogP contribution is 2.38. The molecule has 1 fully saturated rings. The van der Waals surface area contributed by atoms with Crippen LogP contribution in [0.5, 0.6) is 5.75 Å². The molecular formula is C14H19FO2. The molecule has 2 nitrogen and oxygen atoms in total. The van der Waals surface area contributed by atoms with Gasteiger partial charge in [-0.3, -0.25) is 0 Å². The molecule has 1 N–H and O–H groups in total. The van der Waals surface area contributed by atoms with Crippen LogP contribution in [-0.2, 0) is 6.42 Å². The molecule has 1 saturated carbocycles. The highest BCUT2D eigenvalue weighted by Gasteiger charge is 2.38. The van der Waals surface area contributed by atoms with Crippen molar-refractivity contribution in [2.24, 2.45) is 5.92 Å². The summed E-state index contributed by atoms with van der Waals surface area (Å²) in [6.07, 6.45) is 3.43. The van der Waals surface area contributed by atoms with Gasteiger partial charge in [-0.25, -0.2) is 4.39 Å². The Bertz CT molecular complexity index is 405. The van der Waals surface area contributed by atoms with Gasteiger partial charge in [-0.15, -0.1) is 0 Å². The van der Waals surface area contributed by atoms with Gasteiger partial charge in [0.1, 0.15) is 0 Å². The van der Waals surface area contributed by atoms with E-state index in [-0.39, 0.29) is 17.5 Å². The number of ether oxygens (including phenoxy) is 1. The number of rotatable bonds is 3. The summed E-state index contributed by atoms with van der Waals surface area (Å²) in [7, 11) is 1.45. The maximum absolute atomic E-state index is 13.5. The second-order valence-corrected chi connectivity index (χ2v) is 5.04. The van der Waals surface area contributed by atoms with Gasteiger partial charge in [0, 0.05) is 6.42 Å². The van der Waals surface area contributed by atoms with E-state index in [0.29, 0.717) is 6.42 Å². The van der Waals surface area contributed by atoms with E-state index in [4.69, 9.17) is 4.74 Å².